The van der Waals surface area contributed by atoms with Crippen molar-refractivity contribution in [2.45, 2.75) is 41.2 Å². The number of rotatable bonds is 4. The Morgan fingerprint density at radius 1 is 1.31 bits per heavy atom. The highest BCUT2D eigenvalue weighted by atomic mass is 16.3. The molecular formula is C10H23NO2. The van der Waals surface area contributed by atoms with E-state index in [1.807, 2.05) is 27.7 Å². The van der Waals surface area contributed by atoms with Gasteiger partial charge in [-0.05, 0) is 5.92 Å². The van der Waals surface area contributed by atoms with E-state index in [1.165, 1.54) is 0 Å². The van der Waals surface area contributed by atoms with Gasteiger partial charge in [0, 0.05) is 5.92 Å². The molecule has 0 rings (SSSR count). The zero-order chi connectivity index (χ0) is 9.72. The van der Waals surface area contributed by atoms with E-state index in [2.05, 4.69) is 5.32 Å². The Kier molecular flexibility index (Phi) is 7.92. The summed E-state index contributed by atoms with van der Waals surface area (Å²) < 4.78 is 0. The minimum atomic E-state index is -0.111. The number of carbonyl (C=O) groups excluding carboxylic acids is 1. The molecule has 0 heterocycles. The number of hydrogen-bond donors (Lipinski definition) is 2. The zero-order valence-electron chi connectivity index (χ0n) is 8.29. The lowest BCUT2D eigenvalue weighted by molar-refractivity contribution is -0.125. The summed E-state index contributed by atoms with van der Waals surface area (Å²) in [5.74, 6) is 0.262. The van der Waals surface area contributed by atoms with Gasteiger partial charge in [-0.25, -0.2) is 0 Å². The number of nitrogens with one attached hydrogen (secondary N) is 1. The van der Waals surface area contributed by atoms with Crippen LogP contribution in [0.4, 0.5) is 0 Å². The normalized spacial score (nSPS) is 12.5. The van der Waals surface area contributed by atoms with E-state index in [9.17, 15) is 4.79 Å². The van der Waals surface area contributed by atoms with Gasteiger partial charge in [0.15, 0.2) is 0 Å². The van der Waals surface area contributed by atoms with Crippen LogP contribution in [0, 0.1) is 11.8 Å². The quantitative estimate of drug-likeness (QED) is 0.702. The van der Waals surface area contributed by atoms with Crippen LogP contribution in [0.3, 0.4) is 0 Å². The molecule has 80 valence electrons. The Labute approximate surface area is 81.5 Å². The molecule has 0 spiro atoms. The molecule has 0 bridgehead atoms. The van der Waals surface area contributed by atoms with Crippen LogP contribution in [0.25, 0.3) is 0 Å². The summed E-state index contributed by atoms with van der Waals surface area (Å²) in [6.45, 7) is 7.63. The Bertz CT molecular complexity index is 144. The summed E-state index contributed by atoms with van der Waals surface area (Å²) in [6.07, 6.45) is 0. The van der Waals surface area contributed by atoms with Gasteiger partial charge in [0.25, 0.3) is 0 Å². The number of aliphatic hydroxyl groups excluding tert-OH is 1. The molecule has 0 saturated heterocycles. The molecular weight excluding hydrogens is 166 g/mol. The Balaban J connectivity index is 0. The predicted octanol–water partition coefficient (Wildman–Crippen LogP) is 1.41. The first kappa shape index (κ1) is 14.9. The third kappa shape index (κ3) is 5.64. The van der Waals surface area contributed by atoms with Gasteiger partial charge in [-0.3, -0.25) is 4.79 Å². The molecule has 0 aliphatic carbocycles. The Hall–Kier alpha value is -0.570. The van der Waals surface area contributed by atoms with Crippen LogP contribution in [-0.4, -0.2) is 23.7 Å². The first-order valence-electron chi connectivity index (χ1n) is 4.40. The third-order valence-electron chi connectivity index (χ3n) is 1.85. The average Bonchev–Trinajstić information content (AvgIpc) is 1.98. The minimum Gasteiger partial charge on any atom is -0.394 e. The lowest BCUT2D eigenvalue weighted by atomic mass is 10.0. The fourth-order valence-corrected chi connectivity index (χ4v) is 0.773. The molecule has 0 fully saturated rings. The topological polar surface area (TPSA) is 49.3 Å². The van der Waals surface area contributed by atoms with Crippen LogP contribution in [-0.2, 0) is 4.79 Å². The van der Waals surface area contributed by atoms with Gasteiger partial charge in [-0.2, -0.15) is 0 Å². The number of hydrogen-bond acceptors (Lipinski definition) is 2. The molecule has 0 saturated carbocycles. The summed E-state index contributed by atoms with van der Waals surface area (Å²) in [5.41, 5.74) is 0. The largest absolute Gasteiger partial charge is 0.394 e. The van der Waals surface area contributed by atoms with Gasteiger partial charge < -0.3 is 10.4 Å². The summed E-state index contributed by atoms with van der Waals surface area (Å²) >= 11 is 0. The second-order valence-electron chi connectivity index (χ2n) is 3.70. The van der Waals surface area contributed by atoms with Crippen molar-refractivity contribution in [1.82, 2.24) is 5.32 Å². The highest BCUT2D eigenvalue weighted by molar-refractivity contribution is 5.78. The highest BCUT2D eigenvalue weighted by Gasteiger charge is 2.16. The van der Waals surface area contributed by atoms with Gasteiger partial charge in [0.2, 0.25) is 5.91 Å². The van der Waals surface area contributed by atoms with Crippen LogP contribution in [0.2, 0.25) is 0 Å². The number of carbonyl (C=O) groups is 1. The standard InChI is InChI=1S/C9H19NO2.CH4/c1-6(2)8(5-11)10-9(12)7(3)4;/h6-8,11H,5H2,1-4H3,(H,10,12);1H4/t8-;/m0./s1. The van der Waals surface area contributed by atoms with E-state index >= 15 is 0 Å². The van der Waals surface area contributed by atoms with Crippen LogP contribution >= 0.6 is 0 Å². The molecule has 0 aromatic carbocycles. The second-order valence-corrected chi connectivity index (χ2v) is 3.70. The smallest absolute Gasteiger partial charge is 0.222 e. The maximum atomic E-state index is 11.2. The van der Waals surface area contributed by atoms with Gasteiger partial charge in [0.05, 0.1) is 12.6 Å². The molecule has 0 aromatic rings. The summed E-state index contributed by atoms with van der Waals surface area (Å²) in [7, 11) is 0. The Morgan fingerprint density at radius 2 is 1.77 bits per heavy atom. The molecule has 1 amide bonds. The maximum Gasteiger partial charge on any atom is 0.222 e. The van der Waals surface area contributed by atoms with Crippen LogP contribution < -0.4 is 5.32 Å². The molecule has 0 aromatic heterocycles. The van der Waals surface area contributed by atoms with Crippen molar-refractivity contribution in [2.75, 3.05) is 6.61 Å². The number of amides is 1. The average molecular weight is 189 g/mol. The van der Waals surface area contributed by atoms with E-state index in [-0.39, 0.29) is 37.8 Å². The molecule has 0 aliphatic heterocycles. The molecule has 0 aliphatic rings. The molecule has 3 heteroatoms. The zero-order valence-corrected chi connectivity index (χ0v) is 8.29. The third-order valence-corrected chi connectivity index (χ3v) is 1.85. The van der Waals surface area contributed by atoms with Crippen LogP contribution in [0.1, 0.15) is 35.1 Å². The monoisotopic (exact) mass is 189 g/mol. The maximum absolute atomic E-state index is 11.2. The second kappa shape index (κ2) is 6.89. The molecule has 3 nitrogen and oxygen atoms in total. The van der Waals surface area contributed by atoms with Crippen LogP contribution in [0.15, 0.2) is 0 Å². The van der Waals surface area contributed by atoms with Gasteiger partial charge in [-0.15, -0.1) is 0 Å². The minimum absolute atomic E-state index is 0. The SMILES string of the molecule is C.CC(C)C(=O)N[C@@H](CO)C(C)C. The molecule has 13 heavy (non-hydrogen) atoms. The van der Waals surface area contributed by atoms with E-state index in [0.717, 1.165) is 0 Å². The lowest BCUT2D eigenvalue weighted by Gasteiger charge is -2.20. The van der Waals surface area contributed by atoms with Crippen LogP contribution in [0.5, 0.6) is 0 Å². The molecule has 0 radical (unpaired) electrons. The van der Waals surface area contributed by atoms with Gasteiger partial charge >= 0.3 is 0 Å². The molecule has 0 unspecified atom stereocenters. The van der Waals surface area contributed by atoms with Crippen molar-refractivity contribution in [3.63, 3.8) is 0 Å². The van der Waals surface area contributed by atoms with Crippen molar-refractivity contribution in [2.24, 2.45) is 11.8 Å². The van der Waals surface area contributed by atoms with E-state index < -0.39 is 0 Å². The van der Waals surface area contributed by atoms with Crippen molar-refractivity contribution >= 4 is 5.91 Å². The predicted molar refractivity (Wildman–Crippen MR) is 55.4 cm³/mol. The van der Waals surface area contributed by atoms with Gasteiger partial charge in [0.1, 0.15) is 0 Å². The summed E-state index contributed by atoms with van der Waals surface area (Å²) in [4.78, 5) is 11.2. The van der Waals surface area contributed by atoms with E-state index in [1.54, 1.807) is 0 Å². The molecule has 2 N–H and O–H groups in total. The Morgan fingerprint density at radius 3 is 2.00 bits per heavy atom. The number of aliphatic hydroxyl groups is 1. The van der Waals surface area contributed by atoms with Crippen molar-refractivity contribution in [1.29, 1.82) is 0 Å². The van der Waals surface area contributed by atoms with E-state index in [4.69, 9.17) is 5.11 Å². The summed E-state index contributed by atoms with van der Waals surface area (Å²) in [6, 6.07) is -0.111. The van der Waals surface area contributed by atoms with Crippen molar-refractivity contribution in [3.05, 3.63) is 0 Å². The molecule has 1 atom stereocenters. The summed E-state index contributed by atoms with van der Waals surface area (Å²) in [5, 5.41) is 11.7. The van der Waals surface area contributed by atoms with Gasteiger partial charge in [-0.1, -0.05) is 35.1 Å². The fourth-order valence-electron chi connectivity index (χ4n) is 0.773. The van der Waals surface area contributed by atoms with Crippen molar-refractivity contribution in [3.8, 4) is 0 Å². The first-order valence-corrected chi connectivity index (χ1v) is 4.40. The first-order chi connectivity index (χ1) is 5.49. The van der Waals surface area contributed by atoms with Crippen molar-refractivity contribution < 1.29 is 9.90 Å². The van der Waals surface area contributed by atoms with E-state index in [0.29, 0.717) is 0 Å². The fraction of sp³-hybridized carbons (Fsp3) is 0.900. The highest BCUT2D eigenvalue weighted by Crippen LogP contribution is 2.02. The lowest BCUT2D eigenvalue weighted by Crippen LogP contribution is -2.42.